The topological polar surface area (TPSA) is 43.1 Å². The van der Waals surface area contributed by atoms with Gasteiger partial charge in [0.2, 0.25) is 0 Å². The first kappa shape index (κ1) is 20.6. The molecule has 2 heteroatoms. The monoisotopic (exact) mass is 297 g/mol. The minimum absolute atomic E-state index is 0.314. The van der Waals surface area contributed by atoms with Crippen LogP contribution < -0.4 is 5.73 Å². The van der Waals surface area contributed by atoms with Gasteiger partial charge in [-0.25, -0.2) is 0 Å². The van der Waals surface area contributed by atoms with E-state index in [-0.39, 0.29) is 0 Å². The molecule has 2 nitrogen and oxygen atoms in total. The molecule has 0 fully saturated rings. The lowest BCUT2D eigenvalue weighted by molar-refractivity contribution is -0.130. The summed E-state index contributed by atoms with van der Waals surface area (Å²) in [6.07, 6.45) is 13.7. The molecular formula is C19H39NO. The summed E-state index contributed by atoms with van der Waals surface area (Å²) >= 11 is 0. The lowest BCUT2D eigenvalue weighted by Crippen LogP contribution is -2.51. The third-order valence-corrected chi connectivity index (χ3v) is 5.07. The van der Waals surface area contributed by atoms with Crippen molar-refractivity contribution in [2.24, 2.45) is 11.1 Å². The minimum atomic E-state index is -0.442. The molecule has 0 rings (SSSR count). The Morgan fingerprint density at radius 2 is 1.14 bits per heavy atom. The summed E-state index contributed by atoms with van der Waals surface area (Å²) in [5.74, 6) is 0.314. The van der Waals surface area contributed by atoms with Crippen LogP contribution in [0.25, 0.3) is 0 Å². The fourth-order valence-electron chi connectivity index (χ4n) is 2.44. The molecule has 126 valence electrons. The van der Waals surface area contributed by atoms with Gasteiger partial charge in [-0.1, -0.05) is 78.6 Å². The molecule has 0 aromatic rings. The summed E-state index contributed by atoms with van der Waals surface area (Å²) in [7, 11) is 0. The quantitative estimate of drug-likeness (QED) is 0.448. The van der Waals surface area contributed by atoms with Crippen LogP contribution in [0.5, 0.6) is 0 Å². The Labute approximate surface area is 133 Å². The molecule has 0 aliphatic rings. The standard InChI is InChI=1S/C19H39NO/c1-6-7-8-9-10-11-12-13-14-15-16-17(21)18(2,3)19(4,5)20/h6-16,20H2,1-5H3. The lowest BCUT2D eigenvalue weighted by atomic mass is 9.71. The number of unbranched alkanes of at least 4 members (excludes halogenated alkanes) is 9. The van der Waals surface area contributed by atoms with Crippen molar-refractivity contribution in [1.82, 2.24) is 0 Å². The Morgan fingerprint density at radius 1 is 0.762 bits per heavy atom. The Bertz CT molecular complexity index is 276. The second-order valence-corrected chi connectivity index (χ2v) is 7.70. The van der Waals surface area contributed by atoms with Crippen molar-refractivity contribution in [3.8, 4) is 0 Å². The van der Waals surface area contributed by atoms with Crippen LogP contribution in [-0.4, -0.2) is 11.3 Å². The van der Waals surface area contributed by atoms with E-state index in [1.165, 1.54) is 57.8 Å². The van der Waals surface area contributed by atoms with Crippen LogP contribution in [0.3, 0.4) is 0 Å². The van der Waals surface area contributed by atoms with Crippen LogP contribution in [0.2, 0.25) is 0 Å². The summed E-state index contributed by atoms with van der Waals surface area (Å²) in [4.78, 5) is 12.3. The van der Waals surface area contributed by atoms with E-state index in [2.05, 4.69) is 6.92 Å². The average Bonchev–Trinajstić information content (AvgIpc) is 2.39. The highest BCUT2D eigenvalue weighted by Gasteiger charge is 2.39. The van der Waals surface area contributed by atoms with E-state index >= 15 is 0 Å². The average molecular weight is 298 g/mol. The molecule has 0 aliphatic carbocycles. The second kappa shape index (κ2) is 10.4. The molecule has 21 heavy (non-hydrogen) atoms. The third kappa shape index (κ3) is 8.60. The zero-order valence-corrected chi connectivity index (χ0v) is 15.3. The molecule has 0 saturated carbocycles. The Kier molecular flexibility index (Phi) is 10.2. The highest BCUT2D eigenvalue weighted by Crippen LogP contribution is 2.31. The number of Topliss-reactive ketones (excluding diaryl/α,β-unsaturated/α-hetero) is 1. The van der Waals surface area contributed by atoms with Gasteiger partial charge in [0, 0.05) is 17.4 Å². The summed E-state index contributed by atoms with van der Waals surface area (Å²) in [5.41, 5.74) is 5.25. The second-order valence-electron chi connectivity index (χ2n) is 7.70. The molecule has 0 aliphatic heterocycles. The highest BCUT2D eigenvalue weighted by atomic mass is 16.1. The maximum absolute atomic E-state index is 12.3. The van der Waals surface area contributed by atoms with Crippen molar-refractivity contribution >= 4 is 5.78 Å². The first-order chi connectivity index (χ1) is 9.73. The largest absolute Gasteiger partial charge is 0.325 e. The molecule has 0 saturated heterocycles. The zero-order valence-electron chi connectivity index (χ0n) is 15.3. The smallest absolute Gasteiger partial charge is 0.140 e. The van der Waals surface area contributed by atoms with Gasteiger partial charge in [0.1, 0.15) is 5.78 Å². The van der Waals surface area contributed by atoms with Crippen molar-refractivity contribution in [3.63, 3.8) is 0 Å². The van der Waals surface area contributed by atoms with Crippen molar-refractivity contribution in [2.45, 2.75) is 111 Å². The normalized spacial score (nSPS) is 12.7. The SMILES string of the molecule is CCCCCCCCCCCCC(=O)C(C)(C)C(C)(C)N. The van der Waals surface area contributed by atoms with E-state index in [0.29, 0.717) is 12.2 Å². The van der Waals surface area contributed by atoms with E-state index in [4.69, 9.17) is 5.73 Å². The van der Waals surface area contributed by atoms with E-state index in [9.17, 15) is 4.79 Å². The van der Waals surface area contributed by atoms with Crippen molar-refractivity contribution < 1.29 is 4.79 Å². The Morgan fingerprint density at radius 3 is 1.52 bits per heavy atom. The maximum Gasteiger partial charge on any atom is 0.140 e. The van der Waals surface area contributed by atoms with Crippen LogP contribution in [0.15, 0.2) is 0 Å². The predicted octanol–water partition coefficient (Wildman–Crippen LogP) is 5.63. The number of rotatable bonds is 13. The fourth-order valence-corrected chi connectivity index (χ4v) is 2.44. The van der Waals surface area contributed by atoms with Crippen LogP contribution in [0, 0.1) is 5.41 Å². The van der Waals surface area contributed by atoms with Gasteiger partial charge < -0.3 is 5.73 Å². The molecular weight excluding hydrogens is 258 g/mol. The summed E-state index contributed by atoms with van der Waals surface area (Å²) in [6, 6.07) is 0. The third-order valence-electron chi connectivity index (χ3n) is 5.07. The fraction of sp³-hybridized carbons (Fsp3) is 0.947. The number of carbonyl (C=O) groups is 1. The molecule has 0 atom stereocenters. The van der Waals surface area contributed by atoms with E-state index in [0.717, 1.165) is 6.42 Å². The Hall–Kier alpha value is -0.370. The van der Waals surface area contributed by atoms with Crippen molar-refractivity contribution in [2.75, 3.05) is 0 Å². The van der Waals surface area contributed by atoms with Gasteiger partial charge in [0.25, 0.3) is 0 Å². The lowest BCUT2D eigenvalue weighted by Gasteiger charge is -2.37. The van der Waals surface area contributed by atoms with E-state index in [1.807, 2.05) is 27.7 Å². The molecule has 0 radical (unpaired) electrons. The van der Waals surface area contributed by atoms with Crippen molar-refractivity contribution in [1.29, 1.82) is 0 Å². The zero-order chi connectivity index (χ0) is 16.4. The van der Waals surface area contributed by atoms with Crippen LogP contribution in [0.1, 0.15) is 105 Å². The van der Waals surface area contributed by atoms with E-state index in [1.54, 1.807) is 0 Å². The van der Waals surface area contributed by atoms with Crippen LogP contribution >= 0.6 is 0 Å². The summed E-state index contributed by atoms with van der Waals surface area (Å²) in [5, 5.41) is 0. The molecule has 2 N–H and O–H groups in total. The van der Waals surface area contributed by atoms with Crippen molar-refractivity contribution in [3.05, 3.63) is 0 Å². The molecule has 0 amide bonds. The van der Waals surface area contributed by atoms with Crippen LogP contribution in [-0.2, 0) is 4.79 Å². The predicted molar refractivity (Wildman–Crippen MR) is 93.5 cm³/mol. The first-order valence-electron chi connectivity index (χ1n) is 9.05. The van der Waals surface area contributed by atoms with Gasteiger partial charge >= 0.3 is 0 Å². The molecule has 0 unspecified atom stereocenters. The molecule has 0 aromatic heterocycles. The van der Waals surface area contributed by atoms with Gasteiger partial charge in [-0.15, -0.1) is 0 Å². The number of hydrogen-bond acceptors (Lipinski definition) is 2. The number of hydrogen-bond donors (Lipinski definition) is 1. The van der Waals surface area contributed by atoms with Crippen LogP contribution in [0.4, 0.5) is 0 Å². The van der Waals surface area contributed by atoms with Gasteiger partial charge in [-0.3, -0.25) is 4.79 Å². The van der Waals surface area contributed by atoms with E-state index < -0.39 is 11.0 Å². The minimum Gasteiger partial charge on any atom is -0.325 e. The van der Waals surface area contributed by atoms with Gasteiger partial charge in [-0.2, -0.15) is 0 Å². The number of nitrogens with two attached hydrogens (primary N) is 1. The summed E-state index contributed by atoms with van der Waals surface area (Å²) < 4.78 is 0. The van der Waals surface area contributed by atoms with Gasteiger partial charge in [-0.05, 0) is 20.3 Å². The Balaban J connectivity index is 3.57. The molecule has 0 heterocycles. The highest BCUT2D eigenvalue weighted by molar-refractivity contribution is 5.85. The van der Waals surface area contributed by atoms with Gasteiger partial charge in [0.15, 0.2) is 0 Å². The number of carbonyl (C=O) groups excluding carboxylic acids is 1. The molecule has 0 spiro atoms. The number of ketones is 1. The summed E-state index contributed by atoms with van der Waals surface area (Å²) in [6.45, 7) is 10.1. The first-order valence-corrected chi connectivity index (χ1v) is 9.05. The molecule has 0 aromatic carbocycles. The molecule has 0 bridgehead atoms. The maximum atomic E-state index is 12.3. The van der Waals surface area contributed by atoms with Gasteiger partial charge in [0.05, 0.1) is 0 Å².